The van der Waals surface area contributed by atoms with Gasteiger partial charge in [0.05, 0.1) is 13.2 Å². The van der Waals surface area contributed by atoms with Crippen LogP contribution in [-0.4, -0.2) is 18.3 Å². The topological polar surface area (TPSA) is 29.5 Å². The van der Waals surface area contributed by atoms with E-state index in [2.05, 4.69) is 39.8 Å². The maximum absolute atomic E-state index is 14.3. The Balaban J connectivity index is 2.77. The van der Waals surface area contributed by atoms with E-state index >= 15 is 0 Å². The van der Waals surface area contributed by atoms with Crippen LogP contribution in [0.5, 0.6) is 5.75 Å². The van der Waals surface area contributed by atoms with Gasteiger partial charge in [-0.05, 0) is 65.8 Å². The molecule has 1 aromatic rings. The Kier molecular flexibility index (Phi) is 5.44. The summed E-state index contributed by atoms with van der Waals surface area (Å²) in [4.78, 5) is 0. The average Bonchev–Trinajstić information content (AvgIpc) is 2.53. The summed E-state index contributed by atoms with van der Waals surface area (Å²) in [5.74, 6) is 0.258. The summed E-state index contributed by atoms with van der Waals surface area (Å²) in [6.45, 7) is 12.9. The molecule has 0 aliphatic heterocycles. The first-order valence-electron chi connectivity index (χ1n) is 8.98. The SMILES string of the molecule is CCOc1cc2c(cc1C(CC)=C(F)CO)C(C)(C)CCC2(C)C. The molecule has 0 amide bonds. The molecule has 1 aliphatic rings. The third-order valence-electron chi connectivity index (χ3n) is 5.40. The minimum Gasteiger partial charge on any atom is -0.493 e. The Morgan fingerprint density at radius 3 is 2.08 bits per heavy atom. The molecule has 0 bridgehead atoms. The zero-order valence-corrected chi connectivity index (χ0v) is 15.9. The number of aliphatic hydroxyl groups excluding tert-OH is 1. The lowest BCUT2D eigenvalue weighted by molar-refractivity contribution is 0.298. The zero-order valence-electron chi connectivity index (χ0n) is 15.9. The normalized spacial score (nSPS) is 19.5. The van der Waals surface area contributed by atoms with Gasteiger partial charge in [0.25, 0.3) is 0 Å². The van der Waals surface area contributed by atoms with Crippen LogP contribution in [0, 0.1) is 0 Å². The summed E-state index contributed by atoms with van der Waals surface area (Å²) in [7, 11) is 0. The van der Waals surface area contributed by atoms with Crippen LogP contribution in [0.25, 0.3) is 5.57 Å². The van der Waals surface area contributed by atoms with Crippen molar-refractivity contribution in [3.05, 3.63) is 34.6 Å². The molecular weight excluding hydrogens is 303 g/mol. The van der Waals surface area contributed by atoms with E-state index in [1.807, 2.05) is 13.8 Å². The number of rotatable bonds is 5. The van der Waals surface area contributed by atoms with E-state index in [-0.39, 0.29) is 10.8 Å². The molecule has 2 nitrogen and oxygen atoms in total. The zero-order chi connectivity index (χ0) is 18.1. The van der Waals surface area contributed by atoms with Crippen molar-refractivity contribution in [1.82, 2.24) is 0 Å². The molecule has 0 unspecified atom stereocenters. The van der Waals surface area contributed by atoms with E-state index in [0.717, 1.165) is 24.2 Å². The molecule has 1 N–H and O–H groups in total. The molecule has 2 rings (SSSR count). The van der Waals surface area contributed by atoms with Gasteiger partial charge in [-0.25, -0.2) is 4.39 Å². The van der Waals surface area contributed by atoms with Gasteiger partial charge in [-0.15, -0.1) is 0 Å². The average molecular weight is 334 g/mol. The van der Waals surface area contributed by atoms with Crippen molar-refractivity contribution in [3.8, 4) is 5.75 Å². The van der Waals surface area contributed by atoms with Gasteiger partial charge in [-0.1, -0.05) is 34.6 Å². The van der Waals surface area contributed by atoms with Crippen LogP contribution in [-0.2, 0) is 10.8 Å². The van der Waals surface area contributed by atoms with E-state index in [4.69, 9.17) is 4.74 Å². The highest BCUT2D eigenvalue weighted by Gasteiger charge is 2.38. The first kappa shape index (κ1) is 19.0. The molecular formula is C21H31FO2. The second-order valence-electron chi connectivity index (χ2n) is 7.99. The fraction of sp³-hybridized carbons (Fsp3) is 0.619. The van der Waals surface area contributed by atoms with E-state index in [1.54, 1.807) is 0 Å². The summed E-state index contributed by atoms with van der Waals surface area (Å²) < 4.78 is 20.1. The minimum atomic E-state index is -0.569. The van der Waals surface area contributed by atoms with Crippen LogP contribution in [0.4, 0.5) is 4.39 Å². The van der Waals surface area contributed by atoms with Gasteiger partial charge >= 0.3 is 0 Å². The van der Waals surface area contributed by atoms with Crippen molar-refractivity contribution >= 4 is 5.57 Å². The molecule has 3 heteroatoms. The molecule has 0 fully saturated rings. The van der Waals surface area contributed by atoms with Crippen LogP contribution in [0.3, 0.4) is 0 Å². The van der Waals surface area contributed by atoms with Crippen LogP contribution in [0.2, 0.25) is 0 Å². The first-order valence-corrected chi connectivity index (χ1v) is 8.98. The molecule has 0 saturated carbocycles. The summed E-state index contributed by atoms with van der Waals surface area (Å²) in [5.41, 5.74) is 4.04. The molecule has 0 saturated heterocycles. The van der Waals surface area contributed by atoms with Crippen LogP contribution in [0.1, 0.15) is 77.5 Å². The smallest absolute Gasteiger partial charge is 0.129 e. The molecule has 134 valence electrons. The summed E-state index contributed by atoms with van der Waals surface area (Å²) in [5, 5.41) is 9.27. The van der Waals surface area contributed by atoms with Gasteiger partial charge in [0.2, 0.25) is 0 Å². The maximum Gasteiger partial charge on any atom is 0.129 e. The van der Waals surface area contributed by atoms with Crippen molar-refractivity contribution in [1.29, 1.82) is 0 Å². The van der Waals surface area contributed by atoms with Crippen LogP contribution in [0.15, 0.2) is 18.0 Å². The highest BCUT2D eigenvalue weighted by Crippen LogP contribution is 2.49. The van der Waals surface area contributed by atoms with Crippen molar-refractivity contribution in [3.63, 3.8) is 0 Å². The van der Waals surface area contributed by atoms with E-state index in [9.17, 15) is 9.50 Å². The van der Waals surface area contributed by atoms with Crippen LogP contribution < -0.4 is 4.74 Å². The van der Waals surface area contributed by atoms with Crippen molar-refractivity contribution in [2.45, 2.75) is 71.6 Å². The lowest BCUT2D eigenvalue weighted by atomic mass is 9.62. The van der Waals surface area contributed by atoms with Crippen molar-refractivity contribution < 1.29 is 14.2 Å². The van der Waals surface area contributed by atoms with Gasteiger partial charge in [0.15, 0.2) is 0 Å². The number of aliphatic hydroxyl groups is 1. The van der Waals surface area contributed by atoms with Gasteiger partial charge in [0.1, 0.15) is 11.6 Å². The van der Waals surface area contributed by atoms with E-state index < -0.39 is 12.4 Å². The second kappa shape index (κ2) is 6.87. The van der Waals surface area contributed by atoms with Crippen molar-refractivity contribution in [2.24, 2.45) is 0 Å². The predicted octanol–water partition coefficient (Wildman–Crippen LogP) is 5.52. The predicted molar refractivity (Wildman–Crippen MR) is 98.3 cm³/mol. The molecule has 0 heterocycles. The van der Waals surface area contributed by atoms with Crippen molar-refractivity contribution in [2.75, 3.05) is 13.2 Å². The number of ether oxygens (including phenoxy) is 1. The number of fused-ring (bicyclic) bond motifs is 1. The second-order valence-corrected chi connectivity index (χ2v) is 7.99. The lowest BCUT2D eigenvalue weighted by Crippen LogP contribution is -2.34. The number of hydrogen-bond donors (Lipinski definition) is 1. The van der Waals surface area contributed by atoms with E-state index in [0.29, 0.717) is 18.6 Å². The molecule has 1 aromatic carbocycles. The number of halogens is 1. The standard InChI is InChI=1S/C21H31FO2/c1-7-14(18(22)13-23)15-11-16-17(12-19(15)24-8-2)21(5,6)10-9-20(16,3)4/h11-12,23H,7-10,13H2,1-6H3. The van der Waals surface area contributed by atoms with E-state index in [1.165, 1.54) is 11.1 Å². The van der Waals surface area contributed by atoms with Gasteiger partial charge < -0.3 is 9.84 Å². The summed E-state index contributed by atoms with van der Waals surface area (Å²) in [6, 6.07) is 4.21. The Bertz CT molecular complexity index is 641. The molecule has 0 atom stereocenters. The molecule has 0 radical (unpaired) electrons. The summed E-state index contributed by atoms with van der Waals surface area (Å²) in [6.07, 6.45) is 2.75. The minimum absolute atomic E-state index is 0.0545. The largest absolute Gasteiger partial charge is 0.493 e. The first-order chi connectivity index (χ1) is 11.2. The number of benzene rings is 1. The Morgan fingerprint density at radius 2 is 1.62 bits per heavy atom. The number of hydrogen-bond acceptors (Lipinski definition) is 2. The lowest BCUT2D eigenvalue weighted by Gasteiger charge is -2.42. The Hall–Kier alpha value is -1.35. The third kappa shape index (κ3) is 3.37. The quantitative estimate of drug-likeness (QED) is 0.768. The molecule has 1 aliphatic carbocycles. The fourth-order valence-corrected chi connectivity index (χ4v) is 3.73. The molecule has 0 spiro atoms. The molecule has 0 aromatic heterocycles. The molecule has 24 heavy (non-hydrogen) atoms. The fourth-order valence-electron chi connectivity index (χ4n) is 3.73. The number of allylic oxidation sites excluding steroid dienone is 1. The highest BCUT2D eigenvalue weighted by atomic mass is 19.1. The maximum atomic E-state index is 14.3. The Morgan fingerprint density at radius 1 is 1.08 bits per heavy atom. The highest BCUT2D eigenvalue weighted by molar-refractivity contribution is 5.74. The third-order valence-corrected chi connectivity index (χ3v) is 5.40. The van der Waals surface area contributed by atoms with Gasteiger partial charge in [-0.3, -0.25) is 0 Å². The van der Waals surface area contributed by atoms with Gasteiger partial charge in [-0.2, -0.15) is 0 Å². The van der Waals surface area contributed by atoms with Gasteiger partial charge in [0, 0.05) is 5.56 Å². The summed E-state index contributed by atoms with van der Waals surface area (Å²) >= 11 is 0. The van der Waals surface area contributed by atoms with Crippen LogP contribution >= 0.6 is 0 Å². The Labute approximate surface area is 145 Å². The monoisotopic (exact) mass is 334 g/mol.